The van der Waals surface area contributed by atoms with Crippen molar-refractivity contribution in [2.75, 3.05) is 6.61 Å². The van der Waals surface area contributed by atoms with Crippen LogP contribution in [-0.4, -0.2) is 24.3 Å². The molecule has 68 valence electrons. The van der Waals surface area contributed by atoms with E-state index in [1.807, 2.05) is 13.8 Å². The Balaban J connectivity index is 2.55. The van der Waals surface area contributed by atoms with Crippen molar-refractivity contribution in [1.82, 2.24) is 5.32 Å². The lowest BCUT2D eigenvalue weighted by Crippen LogP contribution is -2.51. The smallest absolute Gasteiger partial charge is 0.0929 e. The van der Waals surface area contributed by atoms with Crippen LogP contribution in [0, 0.1) is 11.3 Å². The Kier molecular flexibility index (Phi) is 2.71. The molecule has 0 aromatic rings. The predicted molar refractivity (Wildman–Crippen MR) is 46.6 cm³/mol. The summed E-state index contributed by atoms with van der Waals surface area (Å²) in [5.74, 6) is 0. The molecule has 1 N–H and O–H groups in total. The molecule has 0 aromatic carbocycles. The molecule has 0 aliphatic carbocycles. The van der Waals surface area contributed by atoms with Crippen LogP contribution >= 0.6 is 0 Å². The van der Waals surface area contributed by atoms with Crippen molar-refractivity contribution >= 4 is 0 Å². The summed E-state index contributed by atoms with van der Waals surface area (Å²) in [7, 11) is 0. The zero-order valence-corrected chi connectivity index (χ0v) is 7.92. The fourth-order valence-corrected chi connectivity index (χ4v) is 1.55. The number of nitrogens with zero attached hydrogens (tertiary/aromatic N) is 1. The zero-order valence-electron chi connectivity index (χ0n) is 7.92. The largest absolute Gasteiger partial charge is 0.377 e. The molecule has 3 nitrogen and oxygen atoms in total. The number of hydrogen-bond acceptors (Lipinski definition) is 3. The van der Waals surface area contributed by atoms with Gasteiger partial charge in [0.15, 0.2) is 0 Å². The summed E-state index contributed by atoms with van der Waals surface area (Å²) in [6.45, 7) is 6.82. The van der Waals surface area contributed by atoms with Crippen LogP contribution in [0.5, 0.6) is 0 Å². The average Bonchev–Trinajstić information content (AvgIpc) is 2.32. The molecule has 1 aliphatic rings. The first kappa shape index (κ1) is 9.50. The summed E-state index contributed by atoms with van der Waals surface area (Å²) in [4.78, 5) is 0. The molecule has 0 saturated carbocycles. The van der Waals surface area contributed by atoms with Gasteiger partial charge in [0.05, 0.1) is 18.2 Å². The molecule has 1 aliphatic heterocycles. The van der Waals surface area contributed by atoms with Gasteiger partial charge in [-0.05, 0) is 27.2 Å². The van der Waals surface area contributed by atoms with Gasteiger partial charge in [0, 0.05) is 12.1 Å². The van der Waals surface area contributed by atoms with Crippen LogP contribution in [0.25, 0.3) is 0 Å². The monoisotopic (exact) mass is 168 g/mol. The van der Waals surface area contributed by atoms with Crippen LogP contribution in [0.1, 0.15) is 27.2 Å². The van der Waals surface area contributed by atoms with Crippen LogP contribution in [-0.2, 0) is 4.74 Å². The molecule has 1 heterocycles. The number of hydrogen-bond donors (Lipinski definition) is 1. The van der Waals surface area contributed by atoms with Crippen molar-refractivity contribution in [3.8, 4) is 6.07 Å². The molecular weight excluding hydrogens is 152 g/mol. The highest BCUT2D eigenvalue weighted by Gasteiger charge is 2.37. The van der Waals surface area contributed by atoms with E-state index >= 15 is 0 Å². The molecule has 0 radical (unpaired) electrons. The summed E-state index contributed by atoms with van der Waals surface area (Å²) in [5, 5.41) is 11.9. The van der Waals surface area contributed by atoms with E-state index in [-0.39, 0.29) is 17.7 Å². The second-order valence-electron chi connectivity index (χ2n) is 3.68. The van der Waals surface area contributed by atoms with Gasteiger partial charge in [0.1, 0.15) is 0 Å². The molecule has 1 rings (SSSR count). The Labute approximate surface area is 73.7 Å². The van der Waals surface area contributed by atoms with Gasteiger partial charge in [-0.1, -0.05) is 0 Å². The van der Waals surface area contributed by atoms with Gasteiger partial charge in [-0.15, -0.1) is 0 Å². The van der Waals surface area contributed by atoms with Gasteiger partial charge < -0.3 is 4.74 Å². The molecule has 12 heavy (non-hydrogen) atoms. The van der Waals surface area contributed by atoms with E-state index in [2.05, 4.69) is 18.3 Å². The minimum absolute atomic E-state index is 0.0187. The molecule has 3 atom stereocenters. The van der Waals surface area contributed by atoms with E-state index in [1.165, 1.54) is 0 Å². The van der Waals surface area contributed by atoms with Crippen molar-refractivity contribution in [3.05, 3.63) is 0 Å². The van der Waals surface area contributed by atoms with Gasteiger partial charge in [-0.25, -0.2) is 0 Å². The van der Waals surface area contributed by atoms with Gasteiger partial charge in [-0.3, -0.25) is 5.32 Å². The second-order valence-corrected chi connectivity index (χ2v) is 3.68. The highest BCUT2D eigenvalue weighted by atomic mass is 16.5. The summed E-state index contributed by atoms with van der Waals surface area (Å²) in [6, 6.07) is 2.07. The van der Waals surface area contributed by atoms with Gasteiger partial charge in [-0.2, -0.15) is 5.26 Å². The first-order valence-electron chi connectivity index (χ1n) is 4.37. The third-order valence-electron chi connectivity index (χ3n) is 2.63. The standard InChI is InChI=1S/C9H16N2O/c1-7(6-10)11-9(3)4-5-12-8(9)2/h7-8,11H,4-5H2,1-3H3. The van der Waals surface area contributed by atoms with Crippen molar-refractivity contribution in [3.63, 3.8) is 0 Å². The van der Waals surface area contributed by atoms with Crippen molar-refractivity contribution in [2.45, 2.75) is 44.9 Å². The second kappa shape index (κ2) is 3.42. The highest BCUT2D eigenvalue weighted by molar-refractivity contribution is 4.99. The van der Waals surface area contributed by atoms with Crippen LogP contribution in [0.15, 0.2) is 0 Å². The molecular formula is C9H16N2O. The minimum Gasteiger partial charge on any atom is -0.377 e. The van der Waals surface area contributed by atoms with E-state index < -0.39 is 0 Å². The summed E-state index contributed by atoms with van der Waals surface area (Å²) >= 11 is 0. The molecule has 3 unspecified atom stereocenters. The molecule has 0 spiro atoms. The van der Waals surface area contributed by atoms with Crippen molar-refractivity contribution in [1.29, 1.82) is 5.26 Å². The van der Waals surface area contributed by atoms with Crippen molar-refractivity contribution < 1.29 is 4.74 Å². The lowest BCUT2D eigenvalue weighted by Gasteiger charge is -2.30. The Morgan fingerprint density at radius 2 is 2.42 bits per heavy atom. The quantitative estimate of drug-likeness (QED) is 0.670. The molecule has 1 fully saturated rings. The summed E-state index contributed by atoms with van der Waals surface area (Å²) in [6.07, 6.45) is 1.19. The van der Waals surface area contributed by atoms with Crippen molar-refractivity contribution in [2.24, 2.45) is 0 Å². The first-order chi connectivity index (χ1) is 5.58. The van der Waals surface area contributed by atoms with Crippen LogP contribution < -0.4 is 5.32 Å². The Morgan fingerprint density at radius 1 is 1.75 bits per heavy atom. The molecule has 0 amide bonds. The van der Waals surface area contributed by atoms with Gasteiger partial charge >= 0.3 is 0 Å². The Morgan fingerprint density at radius 3 is 2.83 bits per heavy atom. The van der Waals surface area contributed by atoms with Crippen LogP contribution in [0.4, 0.5) is 0 Å². The topological polar surface area (TPSA) is 45.0 Å². The Hall–Kier alpha value is -0.590. The minimum atomic E-state index is -0.0980. The normalized spacial score (nSPS) is 37.7. The third-order valence-corrected chi connectivity index (χ3v) is 2.63. The van der Waals surface area contributed by atoms with E-state index in [0.717, 1.165) is 13.0 Å². The number of nitrogens with one attached hydrogen (secondary N) is 1. The van der Waals surface area contributed by atoms with Crippen LogP contribution in [0.3, 0.4) is 0 Å². The maximum absolute atomic E-state index is 8.64. The lowest BCUT2D eigenvalue weighted by atomic mass is 9.94. The Bertz CT molecular complexity index is 199. The fraction of sp³-hybridized carbons (Fsp3) is 0.889. The molecule has 0 aromatic heterocycles. The number of rotatable bonds is 2. The van der Waals surface area contributed by atoms with Gasteiger partial charge in [0.2, 0.25) is 0 Å². The number of nitriles is 1. The molecule has 1 saturated heterocycles. The van der Waals surface area contributed by atoms with E-state index in [1.54, 1.807) is 0 Å². The highest BCUT2D eigenvalue weighted by Crippen LogP contribution is 2.25. The SMILES string of the molecule is CC(C#N)NC1(C)CCOC1C. The van der Waals surface area contributed by atoms with Crippen LogP contribution in [0.2, 0.25) is 0 Å². The van der Waals surface area contributed by atoms with Gasteiger partial charge in [0.25, 0.3) is 0 Å². The molecule has 0 bridgehead atoms. The maximum Gasteiger partial charge on any atom is 0.0929 e. The van der Waals surface area contributed by atoms with E-state index in [0.29, 0.717) is 0 Å². The lowest BCUT2D eigenvalue weighted by molar-refractivity contribution is 0.0872. The predicted octanol–water partition coefficient (Wildman–Crippen LogP) is 1.06. The zero-order chi connectivity index (χ0) is 9.19. The number of ether oxygens (including phenoxy) is 1. The van der Waals surface area contributed by atoms with E-state index in [9.17, 15) is 0 Å². The maximum atomic E-state index is 8.64. The first-order valence-corrected chi connectivity index (χ1v) is 4.37. The average molecular weight is 168 g/mol. The third kappa shape index (κ3) is 1.77. The molecule has 3 heteroatoms. The summed E-state index contributed by atoms with van der Waals surface area (Å²) < 4.78 is 5.44. The van der Waals surface area contributed by atoms with E-state index in [4.69, 9.17) is 10.00 Å². The fourth-order valence-electron chi connectivity index (χ4n) is 1.55. The summed E-state index contributed by atoms with van der Waals surface area (Å²) in [5.41, 5.74) is -0.0187.